The van der Waals surface area contributed by atoms with Crippen LogP contribution in [-0.2, 0) is 0 Å². The van der Waals surface area contributed by atoms with E-state index in [-0.39, 0.29) is 0 Å². The number of rotatable bonds is 7. The molecular weight excluding hydrogens is 403 g/mol. The average Bonchev–Trinajstić information content (AvgIpc) is 2.82. The van der Waals surface area contributed by atoms with Crippen LogP contribution in [0.3, 0.4) is 0 Å². The van der Waals surface area contributed by atoms with Gasteiger partial charge in [-0.05, 0) is 48.9 Å². The molecule has 0 aliphatic heterocycles. The van der Waals surface area contributed by atoms with Crippen LogP contribution in [0.15, 0.2) is 103 Å². The van der Waals surface area contributed by atoms with Crippen molar-refractivity contribution in [3.8, 4) is 11.3 Å². The summed E-state index contributed by atoms with van der Waals surface area (Å²) in [5, 5.41) is 0.463. The van der Waals surface area contributed by atoms with E-state index in [0.717, 1.165) is 28.3 Å². The van der Waals surface area contributed by atoms with Crippen molar-refractivity contribution in [3.63, 3.8) is 0 Å². The zero-order valence-electron chi connectivity index (χ0n) is 17.1. The Labute approximate surface area is 187 Å². The molecule has 0 atom stereocenters. The monoisotopic (exact) mass is 426 g/mol. The lowest BCUT2D eigenvalue weighted by atomic mass is 9.91. The number of nitrogens with zero attached hydrogens (tertiary/aromatic N) is 2. The van der Waals surface area contributed by atoms with Gasteiger partial charge in [-0.3, -0.25) is 4.98 Å². The van der Waals surface area contributed by atoms with Gasteiger partial charge in [-0.2, -0.15) is 23.2 Å². The van der Waals surface area contributed by atoms with Crippen LogP contribution in [0.1, 0.15) is 0 Å². The molecule has 148 valence electrons. The van der Waals surface area contributed by atoms with Crippen LogP contribution in [0.5, 0.6) is 0 Å². The maximum atomic E-state index is 4.66. The number of aromatic nitrogens is 1. The standard InChI is InChI=1S/C25H23BN2S2/c1-29-26(30-2)21-15-13-20(14-16-21)25-19-24(17-18-27-25)28(22-9-5-3-6-10-22)23-11-7-4-8-12-23/h3-19H,1-2H3. The molecule has 2 nitrogen and oxygen atoms in total. The number of pyridine rings is 1. The van der Waals surface area contributed by atoms with Gasteiger partial charge in [0, 0.05) is 28.8 Å². The highest BCUT2D eigenvalue weighted by molar-refractivity contribution is 8.55. The van der Waals surface area contributed by atoms with Crippen LogP contribution in [0, 0.1) is 0 Å². The molecule has 4 rings (SSSR count). The summed E-state index contributed by atoms with van der Waals surface area (Å²) in [5.41, 5.74) is 6.78. The zero-order valence-corrected chi connectivity index (χ0v) is 18.7. The number of para-hydroxylation sites is 2. The summed E-state index contributed by atoms with van der Waals surface area (Å²) in [6.07, 6.45) is 6.20. The Hall–Kier alpha value is -2.63. The molecule has 4 aromatic rings. The van der Waals surface area contributed by atoms with Crippen molar-refractivity contribution in [2.24, 2.45) is 0 Å². The molecule has 0 fully saturated rings. The van der Waals surface area contributed by atoms with Crippen LogP contribution in [0.2, 0.25) is 0 Å². The van der Waals surface area contributed by atoms with Crippen LogP contribution < -0.4 is 10.4 Å². The lowest BCUT2D eigenvalue weighted by Gasteiger charge is -2.25. The minimum Gasteiger partial charge on any atom is -0.310 e. The first-order valence-corrected chi connectivity index (χ1v) is 12.4. The van der Waals surface area contributed by atoms with Gasteiger partial charge in [-0.1, -0.05) is 66.1 Å². The molecule has 3 aromatic carbocycles. The van der Waals surface area contributed by atoms with Gasteiger partial charge in [0.25, 0.3) is 0 Å². The Morgan fingerprint density at radius 3 is 1.77 bits per heavy atom. The molecule has 1 heterocycles. The second-order valence-electron chi connectivity index (χ2n) is 6.83. The third-order valence-corrected chi connectivity index (χ3v) is 7.49. The van der Waals surface area contributed by atoms with Crippen LogP contribution in [0.4, 0.5) is 17.1 Å². The van der Waals surface area contributed by atoms with Crippen molar-refractivity contribution in [1.29, 1.82) is 0 Å². The van der Waals surface area contributed by atoms with Crippen molar-refractivity contribution in [3.05, 3.63) is 103 Å². The summed E-state index contributed by atoms with van der Waals surface area (Å²) in [7, 11) is 0. The largest absolute Gasteiger partial charge is 0.310 e. The van der Waals surface area contributed by atoms with Crippen molar-refractivity contribution in [1.82, 2.24) is 4.98 Å². The van der Waals surface area contributed by atoms with E-state index in [4.69, 9.17) is 0 Å². The molecule has 0 aliphatic rings. The molecule has 0 unspecified atom stereocenters. The Morgan fingerprint density at radius 2 is 1.23 bits per heavy atom. The van der Waals surface area contributed by atoms with Crippen molar-refractivity contribution in [2.45, 2.75) is 0 Å². The van der Waals surface area contributed by atoms with E-state index in [9.17, 15) is 0 Å². The number of benzene rings is 3. The molecule has 0 saturated carbocycles. The number of hydrogen-bond donors (Lipinski definition) is 0. The smallest absolute Gasteiger partial charge is 0.307 e. The maximum absolute atomic E-state index is 4.66. The molecule has 0 saturated heterocycles. The van der Waals surface area contributed by atoms with E-state index in [1.807, 2.05) is 41.6 Å². The fraction of sp³-hybridized carbons (Fsp3) is 0.0800. The lowest BCUT2D eigenvalue weighted by Crippen LogP contribution is -2.22. The van der Waals surface area contributed by atoms with E-state index in [1.165, 1.54) is 5.46 Å². The molecule has 0 radical (unpaired) electrons. The Balaban J connectivity index is 1.72. The predicted octanol–water partition coefficient (Wildman–Crippen LogP) is 6.64. The number of hydrogen-bond acceptors (Lipinski definition) is 4. The summed E-state index contributed by atoms with van der Waals surface area (Å²) in [6, 6.07) is 33.9. The second kappa shape index (κ2) is 9.92. The zero-order chi connectivity index (χ0) is 20.8. The molecule has 0 aliphatic carbocycles. The predicted molar refractivity (Wildman–Crippen MR) is 137 cm³/mol. The van der Waals surface area contributed by atoms with Crippen molar-refractivity contribution < 1.29 is 0 Å². The van der Waals surface area contributed by atoms with Crippen molar-refractivity contribution in [2.75, 3.05) is 17.4 Å². The Bertz CT molecular complexity index is 1030. The quantitative estimate of drug-likeness (QED) is 0.308. The molecule has 0 N–H and O–H groups in total. The molecule has 0 bridgehead atoms. The van der Waals surface area contributed by atoms with Gasteiger partial charge in [0.1, 0.15) is 0 Å². The van der Waals surface area contributed by atoms with E-state index in [2.05, 4.69) is 107 Å². The summed E-state index contributed by atoms with van der Waals surface area (Å²) >= 11 is 3.73. The van der Waals surface area contributed by atoms with Gasteiger partial charge < -0.3 is 4.90 Å². The first-order valence-electron chi connectivity index (χ1n) is 9.82. The van der Waals surface area contributed by atoms with Gasteiger partial charge in [-0.15, -0.1) is 0 Å². The van der Waals surface area contributed by atoms with Crippen LogP contribution >= 0.6 is 23.2 Å². The average molecular weight is 426 g/mol. The van der Waals surface area contributed by atoms with Crippen LogP contribution in [-0.4, -0.2) is 22.8 Å². The first kappa shape index (κ1) is 20.6. The summed E-state index contributed by atoms with van der Waals surface area (Å²) in [5.74, 6) is 0. The van der Waals surface area contributed by atoms with E-state index < -0.39 is 0 Å². The summed E-state index contributed by atoms with van der Waals surface area (Å²) < 4.78 is 0. The lowest BCUT2D eigenvalue weighted by molar-refractivity contribution is 1.24. The second-order valence-corrected chi connectivity index (χ2v) is 9.02. The third kappa shape index (κ3) is 4.58. The molecule has 30 heavy (non-hydrogen) atoms. The molecular formula is C25H23BN2S2. The fourth-order valence-corrected chi connectivity index (χ4v) is 5.13. The van der Waals surface area contributed by atoms with E-state index >= 15 is 0 Å². The highest BCUT2D eigenvalue weighted by atomic mass is 32.2. The molecule has 0 spiro atoms. The SMILES string of the molecule is CSB(SC)c1ccc(-c2cc(N(c3ccccc3)c3ccccc3)ccn2)cc1. The van der Waals surface area contributed by atoms with Crippen LogP contribution in [0.25, 0.3) is 11.3 Å². The fourth-order valence-electron chi connectivity index (χ4n) is 3.50. The maximum Gasteiger partial charge on any atom is 0.307 e. The van der Waals surface area contributed by atoms with E-state index in [0.29, 0.717) is 5.27 Å². The third-order valence-electron chi connectivity index (χ3n) is 4.94. The summed E-state index contributed by atoms with van der Waals surface area (Å²) in [6.45, 7) is 0. The van der Waals surface area contributed by atoms with Gasteiger partial charge in [0.05, 0.1) is 5.69 Å². The molecule has 0 amide bonds. The highest BCUT2D eigenvalue weighted by Crippen LogP contribution is 2.35. The van der Waals surface area contributed by atoms with Gasteiger partial charge in [0.2, 0.25) is 0 Å². The van der Waals surface area contributed by atoms with Crippen molar-refractivity contribution >= 4 is 51.0 Å². The molecule has 1 aromatic heterocycles. The Morgan fingerprint density at radius 1 is 0.667 bits per heavy atom. The minimum atomic E-state index is 0.463. The highest BCUT2D eigenvalue weighted by Gasteiger charge is 2.15. The number of anilines is 3. The van der Waals surface area contributed by atoms with Gasteiger partial charge in [-0.25, -0.2) is 0 Å². The normalized spacial score (nSPS) is 10.6. The first-order chi connectivity index (χ1) is 14.8. The van der Waals surface area contributed by atoms with Gasteiger partial charge in [0.15, 0.2) is 0 Å². The topological polar surface area (TPSA) is 16.1 Å². The molecule has 5 heteroatoms. The van der Waals surface area contributed by atoms with E-state index in [1.54, 1.807) is 0 Å². The summed E-state index contributed by atoms with van der Waals surface area (Å²) in [4.78, 5) is 6.92. The van der Waals surface area contributed by atoms with Gasteiger partial charge >= 0.3 is 5.27 Å². The Kier molecular flexibility index (Phi) is 6.83. The minimum absolute atomic E-state index is 0.463.